The highest BCUT2D eigenvalue weighted by molar-refractivity contribution is 6.30. The predicted octanol–water partition coefficient (Wildman–Crippen LogP) is 2.80. The number of hydrogen-bond donors (Lipinski definition) is 1. The van der Waals surface area contributed by atoms with Crippen LogP contribution in [0.2, 0.25) is 5.02 Å². The third-order valence-electron chi connectivity index (χ3n) is 3.32. The molecule has 1 amide bonds. The molecule has 130 valence electrons. The van der Waals surface area contributed by atoms with Gasteiger partial charge in [0.1, 0.15) is 12.4 Å². The van der Waals surface area contributed by atoms with Gasteiger partial charge in [-0.05, 0) is 30.3 Å². The molecule has 8 heteroatoms. The largest absolute Gasteiger partial charge is 0.485 e. The molecule has 2 aromatic carbocycles. The molecule has 1 aliphatic heterocycles. The summed E-state index contributed by atoms with van der Waals surface area (Å²) >= 11 is 5.74. The number of esters is 1. The molecule has 0 aliphatic carbocycles. The van der Waals surface area contributed by atoms with Gasteiger partial charge in [-0.1, -0.05) is 23.7 Å². The first-order valence-electron chi connectivity index (χ1n) is 7.33. The van der Waals surface area contributed by atoms with Crippen LogP contribution < -0.4 is 14.8 Å². The van der Waals surface area contributed by atoms with E-state index in [9.17, 15) is 14.0 Å². The molecule has 0 radical (unpaired) electrons. The number of halogens is 2. The number of carbonyl (C=O) groups excluding carboxylic acids is 2. The summed E-state index contributed by atoms with van der Waals surface area (Å²) in [6.45, 7) is -0.618. The number of rotatable bonds is 4. The molecular weight excluding hydrogens is 353 g/mol. The fraction of sp³-hybridized carbons (Fsp3) is 0.176. The first-order chi connectivity index (χ1) is 12.0. The van der Waals surface area contributed by atoms with E-state index in [2.05, 4.69) is 5.32 Å². The van der Waals surface area contributed by atoms with E-state index in [-0.39, 0.29) is 17.3 Å². The van der Waals surface area contributed by atoms with Crippen LogP contribution in [0.4, 0.5) is 10.1 Å². The first-order valence-corrected chi connectivity index (χ1v) is 7.71. The lowest BCUT2D eigenvalue weighted by Crippen LogP contribution is -2.39. The molecule has 1 atom stereocenters. The van der Waals surface area contributed by atoms with Crippen LogP contribution in [0.5, 0.6) is 11.5 Å². The number of amides is 1. The van der Waals surface area contributed by atoms with Crippen molar-refractivity contribution in [3.8, 4) is 11.5 Å². The summed E-state index contributed by atoms with van der Waals surface area (Å²) in [5.74, 6) is -1.16. The van der Waals surface area contributed by atoms with E-state index < -0.39 is 30.4 Å². The lowest BCUT2D eigenvalue weighted by atomic mass is 10.2. The molecule has 1 heterocycles. The molecule has 0 bridgehead atoms. The molecule has 1 unspecified atom stereocenters. The smallest absolute Gasteiger partial charge is 0.351 e. The van der Waals surface area contributed by atoms with Crippen LogP contribution in [0.25, 0.3) is 0 Å². The third-order valence-corrected chi connectivity index (χ3v) is 3.55. The van der Waals surface area contributed by atoms with Gasteiger partial charge in [-0.2, -0.15) is 0 Å². The highest BCUT2D eigenvalue weighted by Crippen LogP contribution is 2.31. The van der Waals surface area contributed by atoms with Gasteiger partial charge in [0.05, 0.1) is 5.69 Å². The van der Waals surface area contributed by atoms with E-state index >= 15 is 0 Å². The standard InChI is InChI=1S/C17H13ClFNO5/c18-10-5-6-11(19)12(7-10)20-16(21)9-24-17(22)15-8-23-13-3-1-2-4-14(13)25-15/h1-7,15H,8-9H2,(H,20,21). The molecule has 25 heavy (non-hydrogen) atoms. The second-order valence-electron chi connectivity index (χ2n) is 5.14. The topological polar surface area (TPSA) is 73.9 Å². The van der Waals surface area contributed by atoms with Crippen molar-refractivity contribution in [2.45, 2.75) is 6.10 Å². The number of ether oxygens (including phenoxy) is 3. The number of nitrogens with one attached hydrogen (secondary N) is 1. The number of fused-ring (bicyclic) bond motifs is 1. The zero-order chi connectivity index (χ0) is 17.8. The zero-order valence-corrected chi connectivity index (χ0v) is 13.6. The minimum Gasteiger partial charge on any atom is -0.485 e. The Hall–Kier alpha value is -2.80. The van der Waals surface area contributed by atoms with Crippen molar-refractivity contribution in [3.05, 3.63) is 53.3 Å². The summed E-state index contributed by atoms with van der Waals surface area (Å²) in [6, 6.07) is 10.6. The van der Waals surface area contributed by atoms with E-state index in [1.165, 1.54) is 12.1 Å². The van der Waals surface area contributed by atoms with Gasteiger partial charge in [-0.25, -0.2) is 9.18 Å². The second-order valence-corrected chi connectivity index (χ2v) is 5.58. The highest BCUT2D eigenvalue weighted by atomic mass is 35.5. The molecule has 2 aromatic rings. The van der Waals surface area contributed by atoms with Crippen molar-refractivity contribution in [1.82, 2.24) is 0 Å². The van der Waals surface area contributed by atoms with Crippen LogP contribution in [0.3, 0.4) is 0 Å². The second kappa shape index (κ2) is 7.40. The average Bonchev–Trinajstić information content (AvgIpc) is 2.62. The van der Waals surface area contributed by atoms with E-state index in [0.717, 1.165) is 6.07 Å². The minimum absolute atomic E-state index is 0.0274. The Labute approximate surface area is 147 Å². The minimum atomic E-state index is -0.981. The van der Waals surface area contributed by atoms with Gasteiger partial charge in [0.25, 0.3) is 5.91 Å². The lowest BCUT2D eigenvalue weighted by molar-refractivity contribution is -0.156. The maximum absolute atomic E-state index is 13.5. The van der Waals surface area contributed by atoms with E-state index in [4.69, 9.17) is 25.8 Å². The number of carbonyl (C=O) groups is 2. The highest BCUT2D eigenvalue weighted by Gasteiger charge is 2.29. The number of para-hydroxylation sites is 2. The van der Waals surface area contributed by atoms with Crippen LogP contribution in [-0.4, -0.2) is 31.2 Å². The zero-order valence-electron chi connectivity index (χ0n) is 12.8. The molecule has 0 saturated heterocycles. The van der Waals surface area contributed by atoms with Gasteiger partial charge < -0.3 is 19.5 Å². The Morgan fingerprint density at radius 2 is 2.00 bits per heavy atom. The molecule has 0 fully saturated rings. The Kier molecular flexibility index (Phi) is 5.04. The van der Waals surface area contributed by atoms with Crippen LogP contribution in [0, 0.1) is 5.82 Å². The Balaban J connectivity index is 1.52. The van der Waals surface area contributed by atoms with Crippen molar-refractivity contribution in [3.63, 3.8) is 0 Å². The Morgan fingerprint density at radius 1 is 1.24 bits per heavy atom. The number of hydrogen-bond acceptors (Lipinski definition) is 5. The van der Waals surface area contributed by atoms with E-state index in [1.807, 2.05) is 0 Å². The van der Waals surface area contributed by atoms with Crippen molar-refractivity contribution < 1.29 is 28.2 Å². The molecule has 1 N–H and O–H groups in total. The monoisotopic (exact) mass is 365 g/mol. The maximum atomic E-state index is 13.5. The van der Waals surface area contributed by atoms with Gasteiger partial charge in [0, 0.05) is 5.02 Å². The van der Waals surface area contributed by atoms with Crippen LogP contribution in [0.15, 0.2) is 42.5 Å². The molecule has 6 nitrogen and oxygen atoms in total. The summed E-state index contributed by atoms with van der Waals surface area (Å²) in [5, 5.41) is 2.54. The first kappa shape index (κ1) is 17.0. The van der Waals surface area contributed by atoms with E-state index in [0.29, 0.717) is 11.5 Å². The quantitative estimate of drug-likeness (QED) is 0.843. The van der Waals surface area contributed by atoms with Gasteiger partial charge >= 0.3 is 5.97 Å². The van der Waals surface area contributed by atoms with Crippen molar-refractivity contribution in [2.75, 3.05) is 18.5 Å². The van der Waals surface area contributed by atoms with Gasteiger partial charge in [-0.15, -0.1) is 0 Å². The van der Waals surface area contributed by atoms with Crippen LogP contribution >= 0.6 is 11.6 Å². The Bertz CT molecular complexity index is 813. The average molecular weight is 366 g/mol. The molecular formula is C17H13ClFNO5. The predicted molar refractivity (Wildman–Crippen MR) is 87.4 cm³/mol. The fourth-order valence-corrected chi connectivity index (χ4v) is 2.32. The van der Waals surface area contributed by atoms with Gasteiger partial charge in [0.2, 0.25) is 6.10 Å². The number of anilines is 1. The van der Waals surface area contributed by atoms with Gasteiger partial charge in [0.15, 0.2) is 18.1 Å². The summed E-state index contributed by atoms with van der Waals surface area (Å²) in [7, 11) is 0. The summed E-state index contributed by atoms with van der Waals surface area (Å²) in [5.41, 5.74) is -0.0975. The summed E-state index contributed by atoms with van der Waals surface area (Å²) < 4.78 is 29.3. The van der Waals surface area contributed by atoms with Crippen LogP contribution in [0.1, 0.15) is 0 Å². The van der Waals surface area contributed by atoms with Crippen molar-refractivity contribution >= 4 is 29.2 Å². The molecule has 0 aromatic heterocycles. The molecule has 0 saturated carbocycles. The molecule has 3 rings (SSSR count). The Morgan fingerprint density at radius 3 is 2.80 bits per heavy atom. The normalized spacial score (nSPS) is 15.4. The van der Waals surface area contributed by atoms with Crippen LogP contribution in [-0.2, 0) is 14.3 Å². The lowest BCUT2D eigenvalue weighted by Gasteiger charge is -2.24. The van der Waals surface area contributed by atoms with Gasteiger partial charge in [-0.3, -0.25) is 4.79 Å². The fourth-order valence-electron chi connectivity index (χ4n) is 2.14. The molecule has 0 spiro atoms. The maximum Gasteiger partial charge on any atom is 0.351 e. The van der Waals surface area contributed by atoms with Crippen molar-refractivity contribution in [1.29, 1.82) is 0 Å². The molecule has 1 aliphatic rings. The number of benzene rings is 2. The third kappa shape index (κ3) is 4.19. The van der Waals surface area contributed by atoms with Crippen molar-refractivity contribution in [2.24, 2.45) is 0 Å². The summed E-state index contributed by atoms with van der Waals surface area (Å²) in [4.78, 5) is 23.8. The van der Waals surface area contributed by atoms with E-state index in [1.54, 1.807) is 24.3 Å². The SMILES string of the molecule is O=C(COC(=O)C1COc2ccccc2O1)Nc1cc(Cl)ccc1F. The summed E-state index contributed by atoms with van der Waals surface area (Å²) in [6.07, 6.45) is -0.981.